The first-order valence-electron chi connectivity index (χ1n) is 21.5. The van der Waals surface area contributed by atoms with Crippen molar-refractivity contribution in [2.75, 3.05) is 46.5 Å². The minimum absolute atomic E-state index is 0.0248. The zero-order valence-electron chi connectivity index (χ0n) is 37.7. The maximum absolute atomic E-state index is 14.1. The van der Waals surface area contributed by atoms with Gasteiger partial charge >= 0.3 is 5.69 Å². The molecule has 0 radical (unpaired) electrons. The van der Waals surface area contributed by atoms with E-state index in [-0.39, 0.29) is 44.1 Å². The van der Waals surface area contributed by atoms with Crippen molar-refractivity contribution < 1.29 is 42.3 Å². The highest BCUT2D eigenvalue weighted by molar-refractivity contribution is 7.44. The van der Waals surface area contributed by atoms with Gasteiger partial charge in [0.25, 0.3) is 14.4 Å². The number of amides is 1. The van der Waals surface area contributed by atoms with Gasteiger partial charge in [-0.25, -0.2) is 9.46 Å². The number of carbonyl (C=O) groups is 1. The number of ether oxygens (including phenoxy) is 6. The van der Waals surface area contributed by atoms with E-state index in [9.17, 15) is 14.9 Å². The van der Waals surface area contributed by atoms with Crippen molar-refractivity contribution in [2.24, 2.45) is 0 Å². The van der Waals surface area contributed by atoms with Crippen molar-refractivity contribution in [3.63, 3.8) is 0 Å². The molecule has 1 aromatic heterocycles. The van der Waals surface area contributed by atoms with Crippen LogP contribution in [-0.2, 0) is 33.6 Å². The predicted octanol–water partition coefficient (Wildman–Crippen LogP) is 7.86. The van der Waals surface area contributed by atoms with Gasteiger partial charge in [-0.2, -0.15) is 10.2 Å². The Balaban J connectivity index is 1.37. The molecule has 2 fully saturated rings. The summed E-state index contributed by atoms with van der Waals surface area (Å²) in [7, 11) is 2.95. The highest BCUT2D eigenvalue weighted by Crippen LogP contribution is 2.58. The fourth-order valence-electron chi connectivity index (χ4n) is 8.53. The molecule has 2 aliphatic heterocycles. The van der Waals surface area contributed by atoms with Gasteiger partial charge in [-0.3, -0.25) is 9.36 Å². The van der Waals surface area contributed by atoms with Crippen LogP contribution in [0.1, 0.15) is 67.4 Å². The number of rotatable bonds is 21. The molecule has 1 amide bonds. The normalized spacial score (nSPS) is 20.8. The van der Waals surface area contributed by atoms with Gasteiger partial charge in [-0.1, -0.05) is 72.8 Å². The van der Waals surface area contributed by atoms with E-state index in [1.807, 2.05) is 84.9 Å². The number of fused-ring (bicyclic) bond motifs is 2. The van der Waals surface area contributed by atoms with Crippen LogP contribution < -0.4 is 20.5 Å². The van der Waals surface area contributed by atoms with Gasteiger partial charge in [0.1, 0.15) is 41.2 Å². The number of aromatic nitrogens is 2. The van der Waals surface area contributed by atoms with Crippen LogP contribution >= 0.6 is 8.53 Å². The van der Waals surface area contributed by atoms with E-state index in [0.717, 1.165) is 16.7 Å². The van der Waals surface area contributed by atoms with Crippen LogP contribution in [0.3, 0.4) is 0 Å². The van der Waals surface area contributed by atoms with Crippen LogP contribution in [0.25, 0.3) is 0 Å². The van der Waals surface area contributed by atoms with Crippen molar-refractivity contribution >= 4 is 20.3 Å². The third-order valence-corrected chi connectivity index (χ3v) is 13.6. The molecule has 1 N–H and O–H groups in total. The number of hydrogen-bond acceptors (Lipinski definition) is 13. The van der Waals surface area contributed by atoms with E-state index >= 15 is 0 Å². The Labute approximate surface area is 381 Å². The first-order valence-corrected chi connectivity index (χ1v) is 22.6. The minimum atomic E-state index is -1.87. The molecule has 16 heteroatoms. The number of nitriles is 1. The van der Waals surface area contributed by atoms with E-state index in [2.05, 4.69) is 48.7 Å². The van der Waals surface area contributed by atoms with E-state index in [0.29, 0.717) is 17.1 Å². The molecule has 0 aliphatic carbocycles. The standard InChI is InChI=1S/C49H56N5O10P/c1-33(2)54(34(3)4)65(61-30-14-28-50)64-44-43-46(53-29-27-42(52-47(53)56)51-45(55)35-15-10-8-11-16-35)63-48(44,41(62-43)31-57-5)32-60-49(36-17-12-9-13-18-36,37-19-23-39(58-6)24-20-37)38-21-25-40(59-7)26-22-38/h8-13,15-27,29,33-34,41,43-44,46H,14,30-32H2,1-7H3,(H,51,52,55,56)/t41-,43+,44-,46+,48-,65?/m0/s1. The smallest absolute Gasteiger partial charge is 0.351 e. The summed E-state index contributed by atoms with van der Waals surface area (Å²) >= 11 is 0. The predicted molar refractivity (Wildman–Crippen MR) is 245 cm³/mol. The average Bonchev–Trinajstić information content (AvgIpc) is 3.77. The molecule has 0 saturated carbocycles. The summed E-state index contributed by atoms with van der Waals surface area (Å²) in [6, 6.07) is 37.6. The van der Waals surface area contributed by atoms with Crippen molar-refractivity contribution in [2.45, 2.75) is 81.9 Å². The van der Waals surface area contributed by atoms with Crippen molar-refractivity contribution in [1.29, 1.82) is 5.26 Å². The second-order valence-corrected chi connectivity index (χ2v) is 17.6. The van der Waals surface area contributed by atoms with E-state index in [1.54, 1.807) is 45.6 Å². The molecule has 4 aromatic carbocycles. The maximum Gasteiger partial charge on any atom is 0.351 e. The summed E-state index contributed by atoms with van der Waals surface area (Å²) in [6.07, 6.45) is -2.02. The lowest BCUT2D eigenvalue weighted by Crippen LogP contribution is -2.55. The van der Waals surface area contributed by atoms with Crippen molar-refractivity contribution in [3.8, 4) is 17.6 Å². The summed E-state index contributed by atoms with van der Waals surface area (Å²) in [5, 5.41) is 12.2. The zero-order chi connectivity index (χ0) is 46.1. The Hall–Kier alpha value is -5.53. The summed E-state index contributed by atoms with van der Waals surface area (Å²) in [6.45, 7) is 8.27. The van der Waals surface area contributed by atoms with Crippen LogP contribution in [0.2, 0.25) is 0 Å². The monoisotopic (exact) mass is 905 g/mol. The lowest BCUT2D eigenvalue weighted by atomic mass is 9.79. The molecule has 342 valence electrons. The first-order chi connectivity index (χ1) is 31.5. The molecule has 1 unspecified atom stereocenters. The molecule has 2 bridgehead atoms. The van der Waals surface area contributed by atoms with Crippen LogP contribution in [0.4, 0.5) is 5.82 Å². The van der Waals surface area contributed by atoms with Gasteiger partial charge in [-0.15, -0.1) is 0 Å². The summed E-state index contributed by atoms with van der Waals surface area (Å²) in [5.41, 5.74) is -0.610. The molecule has 7 rings (SSSR count). The SMILES string of the molecule is COC[C@@H]1O[C@H]2[C@H](n3ccc(NC(=O)c4ccccc4)nc3=O)O[C@]1(COC(c1ccccc1)(c1ccc(OC)cc1)c1ccc(OC)cc1)[C@H]2OP(OCCC#N)N(C(C)C)C(C)C. The van der Waals surface area contributed by atoms with Gasteiger partial charge < -0.3 is 42.8 Å². The first kappa shape index (κ1) is 47.4. The van der Waals surface area contributed by atoms with E-state index in [1.165, 1.54) is 16.8 Å². The molecule has 3 heterocycles. The fraction of sp³-hybridized carbons (Fsp3) is 0.388. The Morgan fingerprint density at radius 3 is 2.00 bits per heavy atom. The Morgan fingerprint density at radius 1 is 0.877 bits per heavy atom. The Morgan fingerprint density at radius 2 is 1.46 bits per heavy atom. The van der Waals surface area contributed by atoms with Crippen LogP contribution in [-0.4, -0.2) is 97.3 Å². The lowest BCUT2D eigenvalue weighted by Gasteiger charge is -2.43. The Bertz CT molecular complexity index is 2380. The molecule has 0 spiro atoms. The number of nitrogens with one attached hydrogen (secondary N) is 1. The van der Waals surface area contributed by atoms with Crippen LogP contribution in [0.5, 0.6) is 11.5 Å². The quantitative estimate of drug-likeness (QED) is 0.0430. The number of methoxy groups -OCH3 is 3. The average molecular weight is 906 g/mol. The van der Waals surface area contributed by atoms with Crippen molar-refractivity contribution in [3.05, 3.63) is 154 Å². The molecule has 2 aliphatic rings. The highest BCUT2D eigenvalue weighted by atomic mass is 31.2. The summed E-state index contributed by atoms with van der Waals surface area (Å²) < 4.78 is 55.8. The molecule has 6 atom stereocenters. The highest BCUT2D eigenvalue weighted by Gasteiger charge is 2.70. The van der Waals surface area contributed by atoms with E-state index < -0.39 is 55.9 Å². The van der Waals surface area contributed by atoms with Crippen LogP contribution in [0.15, 0.2) is 126 Å². The van der Waals surface area contributed by atoms with E-state index in [4.69, 9.17) is 37.5 Å². The largest absolute Gasteiger partial charge is 0.497 e. The second kappa shape index (κ2) is 21.2. The summed E-state index contributed by atoms with van der Waals surface area (Å²) in [5.74, 6) is 0.988. The van der Waals surface area contributed by atoms with Gasteiger partial charge in [0.15, 0.2) is 11.8 Å². The lowest BCUT2D eigenvalue weighted by molar-refractivity contribution is -0.244. The molecular weight excluding hydrogens is 850 g/mol. The third-order valence-electron chi connectivity index (χ3n) is 11.5. The van der Waals surface area contributed by atoms with Gasteiger partial charge in [0, 0.05) is 31.0 Å². The maximum atomic E-state index is 14.1. The third kappa shape index (κ3) is 9.87. The van der Waals surface area contributed by atoms with Gasteiger partial charge in [-0.05, 0) is 86.8 Å². The number of anilines is 1. The van der Waals surface area contributed by atoms with Crippen molar-refractivity contribution in [1.82, 2.24) is 14.2 Å². The molecule has 65 heavy (non-hydrogen) atoms. The molecule has 5 aromatic rings. The fourth-order valence-corrected chi connectivity index (χ4v) is 10.3. The molecule has 2 saturated heterocycles. The molecular formula is C49H56N5O10P. The number of carbonyl (C=O) groups excluding carboxylic acids is 1. The van der Waals surface area contributed by atoms with Crippen LogP contribution in [0, 0.1) is 11.3 Å². The topological polar surface area (TPSA) is 165 Å². The summed E-state index contributed by atoms with van der Waals surface area (Å²) in [4.78, 5) is 31.4. The Kier molecular flexibility index (Phi) is 15.5. The second-order valence-electron chi connectivity index (χ2n) is 16.2. The molecule has 15 nitrogen and oxygen atoms in total. The van der Waals surface area contributed by atoms with Gasteiger partial charge in [0.2, 0.25) is 0 Å². The minimum Gasteiger partial charge on any atom is -0.497 e. The zero-order valence-corrected chi connectivity index (χ0v) is 38.6. The number of hydrogen-bond donors (Lipinski definition) is 1. The number of nitrogens with zero attached hydrogens (tertiary/aromatic N) is 4. The number of benzene rings is 4. The van der Waals surface area contributed by atoms with Gasteiger partial charge in [0.05, 0.1) is 46.5 Å².